The molecule has 17 heavy (non-hydrogen) atoms. The van der Waals surface area contributed by atoms with Crippen LogP contribution in [0, 0.1) is 5.92 Å². The van der Waals surface area contributed by atoms with Gasteiger partial charge in [0.05, 0.1) is 0 Å². The number of ether oxygens (including phenoxy) is 3. The molecule has 0 aromatic rings. The summed E-state index contributed by atoms with van der Waals surface area (Å²) >= 11 is 0. The van der Waals surface area contributed by atoms with Crippen molar-refractivity contribution >= 4 is 12.2 Å². The number of amides is 2. The molecule has 0 aromatic carbocycles. The van der Waals surface area contributed by atoms with E-state index in [1.54, 1.807) is 6.92 Å². The molecule has 0 spiro atoms. The summed E-state index contributed by atoms with van der Waals surface area (Å²) in [6.45, 7) is 1.59. The van der Waals surface area contributed by atoms with Crippen LogP contribution in [-0.4, -0.2) is 42.4 Å². The van der Waals surface area contributed by atoms with Crippen molar-refractivity contribution in [2.24, 2.45) is 17.4 Å². The number of rotatable bonds is 4. The van der Waals surface area contributed by atoms with E-state index >= 15 is 0 Å². The molecule has 0 unspecified atom stereocenters. The van der Waals surface area contributed by atoms with Crippen molar-refractivity contribution in [1.82, 2.24) is 0 Å². The Hall–Kier alpha value is -1.54. The minimum absolute atomic E-state index is 0.208. The molecule has 5 N–H and O–H groups in total. The third kappa shape index (κ3) is 3.46. The number of carbonyl (C=O) groups excluding carboxylic acids is 2. The second kappa shape index (κ2) is 5.69. The first-order chi connectivity index (χ1) is 7.95. The van der Waals surface area contributed by atoms with Crippen LogP contribution in [-0.2, 0) is 14.2 Å². The van der Waals surface area contributed by atoms with E-state index in [2.05, 4.69) is 4.74 Å². The highest BCUT2D eigenvalue weighted by molar-refractivity contribution is 5.65. The number of carbonyl (C=O) groups is 2. The molecule has 1 rings (SSSR count). The Labute approximate surface area is 97.8 Å². The van der Waals surface area contributed by atoms with E-state index in [0.717, 1.165) is 0 Å². The maximum Gasteiger partial charge on any atom is 0.404 e. The summed E-state index contributed by atoms with van der Waals surface area (Å²) in [6.07, 6.45) is -4.05. The van der Waals surface area contributed by atoms with Crippen molar-refractivity contribution in [3.05, 3.63) is 0 Å². The molecule has 1 fully saturated rings. The van der Waals surface area contributed by atoms with Crippen LogP contribution in [0.25, 0.3) is 0 Å². The molecule has 1 heterocycles. The van der Waals surface area contributed by atoms with Gasteiger partial charge in [0.2, 0.25) is 0 Å². The van der Waals surface area contributed by atoms with Crippen LogP contribution in [0.5, 0.6) is 0 Å². The Morgan fingerprint density at radius 1 is 1.35 bits per heavy atom. The maximum atomic E-state index is 10.7. The lowest BCUT2D eigenvalue weighted by Crippen LogP contribution is -2.37. The van der Waals surface area contributed by atoms with Gasteiger partial charge >= 0.3 is 12.2 Å². The van der Waals surface area contributed by atoms with Crippen LogP contribution >= 0.6 is 0 Å². The maximum absolute atomic E-state index is 10.7. The lowest BCUT2D eigenvalue weighted by atomic mass is 9.98. The number of hydrogen-bond acceptors (Lipinski definition) is 6. The molecule has 1 saturated heterocycles. The van der Waals surface area contributed by atoms with Gasteiger partial charge in [-0.3, -0.25) is 0 Å². The SMILES string of the molecule is CC[C@@H]1[C@@H](OC(N)=O)[C@H](COC(N)=O)O[C@@H]1O. The predicted octanol–water partition coefficient (Wildman–Crippen LogP) is -0.711. The van der Waals surface area contributed by atoms with Crippen LogP contribution in [0.1, 0.15) is 13.3 Å². The first-order valence-corrected chi connectivity index (χ1v) is 5.17. The Morgan fingerprint density at radius 2 is 2.00 bits per heavy atom. The van der Waals surface area contributed by atoms with E-state index in [1.807, 2.05) is 0 Å². The second-order valence-corrected chi connectivity index (χ2v) is 3.67. The standard InChI is InChI=1S/C9H16N2O6/c1-2-4-6(17-9(11)14)5(16-7(4)12)3-15-8(10)13/h4-7,12H,2-3H2,1H3,(H2,10,13)(H2,11,14)/t4-,5+,6-,7+/m1/s1. The zero-order valence-corrected chi connectivity index (χ0v) is 9.37. The largest absolute Gasteiger partial charge is 0.447 e. The lowest BCUT2D eigenvalue weighted by Gasteiger charge is -2.20. The fourth-order valence-electron chi connectivity index (χ4n) is 1.83. The zero-order valence-electron chi connectivity index (χ0n) is 9.37. The fourth-order valence-corrected chi connectivity index (χ4v) is 1.83. The molecule has 1 aliphatic rings. The van der Waals surface area contributed by atoms with Crippen molar-refractivity contribution in [1.29, 1.82) is 0 Å². The quantitative estimate of drug-likeness (QED) is 0.601. The monoisotopic (exact) mass is 248 g/mol. The zero-order chi connectivity index (χ0) is 13.0. The van der Waals surface area contributed by atoms with Crippen molar-refractivity contribution in [3.63, 3.8) is 0 Å². The van der Waals surface area contributed by atoms with Gasteiger partial charge < -0.3 is 30.8 Å². The Morgan fingerprint density at radius 3 is 2.47 bits per heavy atom. The summed E-state index contributed by atoms with van der Waals surface area (Å²) in [5.74, 6) is -0.413. The van der Waals surface area contributed by atoms with E-state index in [-0.39, 0.29) is 6.61 Å². The van der Waals surface area contributed by atoms with E-state index in [4.69, 9.17) is 20.9 Å². The molecule has 8 heteroatoms. The Kier molecular flexibility index (Phi) is 4.53. The molecule has 2 amide bonds. The molecule has 8 nitrogen and oxygen atoms in total. The number of primary amides is 2. The average Bonchev–Trinajstić information content (AvgIpc) is 2.51. The van der Waals surface area contributed by atoms with E-state index < -0.39 is 36.6 Å². The van der Waals surface area contributed by atoms with Gasteiger partial charge in [-0.25, -0.2) is 9.59 Å². The molecule has 1 aliphatic heterocycles. The van der Waals surface area contributed by atoms with Crippen molar-refractivity contribution in [2.45, 2.75) is 31.8 Å². The molecule has 0 bridgehead atoms. The van der Waals surface area contributed by atoms with Gasteiger partial charge in [-0.15, -0.1) is 0 Å². The topological polar surface area (TPSA) is 134 Å². The molecule has 0 aromatic heterocycles. The molecular weight excluding hydrogens is 232 g/mol. The Balaban J connectivity index is 2.66. The highest BCUT2D eigenvalue weighted by Gasteiger charge is 2.45. The molecule has 0 saturated carbocycles. The summed E-state index contributed by atoms with van der Waals surface area (Å²) in [7, 11) is 0. The number of aliphatic hydroxyl groups excluding tert-OH is 1. The minimum atomic E-state index is -1.09. The molecule has 98 valence electrons. The first-order valence-electron chi connectivity index (χ1n) is 5.17. The third-order valence-corrected chi connectivity index (χ3v) is 2.58. The van der Waals surface area contributed by atoms with Gasteiger partial charge in [-0.1, -0.05) is 6.92 Å². The van der Waals surface area contributed by atoms with Crippen molar-refractivity contribution in [2.75, 3.05) is 6.61 Å². The summed E-state index contributed by atoms with van der Waals surface area (Å²) in [5.41, 5.74) is 9.73. The van der Waals surface area contributed by atoms with Crippen LogP contribution < -0.4 is 11.5 Å². The van der Waals surface area contributed by atoms with Crippen LogP contribution in [0.15, 0.2) is 0 Å². The molecule has 0 aliphatic carbocycles. The summed E-state index contributed by atoms with van der Waals surface area (Å²) in [4.78, 5) is 21.2. The van der Waals surface area contributed by atoms with Gasteiger partial charge in [-0.2, -0.15) is 0 Å². The first kappa shape index (κ1) is 13.5. The van der Waals surface area contributed by atoms with E-state index in [0.29, 0.717) is 6.42 Å². The highest BCUT2D eigenvalue weighted by atomic mass is 16.7. The smallest absolute Gasteiger partial charge is 0.404 e. The predicted molar refractivity (Wildman–Crippen MR) is 54.7 cm³/mol. The van der Waals surface area contributed by atoms with Crippen molar-refractivity contribution < 1.29 is 28.9 Å². The summed E-state index contributed by atoms with van der Waals surface area (Å²) < 4.78 is 14.5. The van der Waals surface area contributed by atoms with Crippen LogP contribution in [0.3, 0.4) is 0 Å². The van der Waals surface area contributed by atoms with Crippen LogP contribution in [0.4, 0.5) is 9.59 Å². The third-order valence-electron chi connectivity index (χ3n) is 2.58. The van der Waals surface area contributed by atoms with Gasteiger partial charge in [0.1, 0.15) is 18.8 Å². The van der Waals surface area contributed by atoms with Gasteiger partial charge in [0, 0.05) is 5.92 Å². The van der Waals surface area contributed by atoms with Crippen molar-refractivity contribution in [3.8, 4) is 0 Å². The molecule has 4 atom stereocenters. The van der Waals surface area contributed by atoms with Gasteiger partial charge in [0.15, 0.2) is 6.29 Å². The average molecular weight is 248 g/mol. The highest BCUT2D eigenvalue weighted by Crippen LogP contribution is 2.30. The van der Waals surface area contributed by atoms with Crippen LogP contribution in [0.2, 0.25) is 0 Å². The van der Waals surface area contributed by atoms with Gasteiger partial charge in [0.25, 0.3) is 0 Å². The molecule has 0 radical (unpaired) electrons. The van der Waals surface area contributed by atoms with Gasteiger partial charge in [-0.05, 0) is 6.42 Å². The fraction of sp³-hybridized carbons (Fsp3) is 0.778. The minimum Gasteiger partial charge on any atom is -0.447 e. The van der Waals surface area contributed by atoms with E-state index in [9.17, 15) is 14.7 Å². The number of aliphatic hydroxyl groups is 1. The van der Waals surface area contributed by atoms with E-state index in [1.165, 1.54) is 0 Å². The Bertz CT molecular complexity index is 297. The number of nitrogens with two attached hydrogens (primary N) is 2. The second-order valence-electron chi connectivity index (χ2n) is 3.67. The lowest BCUT2D eigenvalue weighted by molar-refractivity contribution is -0.118. The number of hydrogen-bond donors (Lipinski definition) is 3. The summed E-state index contributed by atoms with van der Waals surface area (Å²) in [5, 5.41) is 9.58. The summed E-state index contributed by atoms with van der Waals surface area (Å²) in [6, 6.07) is 0. The normalized spacial score (nSPS) is 32.1. The molecular formula is C9H16N2O6.